The zero-order valence-electron chi connectivity index (χ0n) is 9.75. The largest absolute Gasteiger partial charge is 0.378 e. The van der Waals surface area contributed by atoms with Gasteiger partial charge in [0.1, 0.15) is 0 Å². The van der Waals surface area contributed by atoms with E-state index in [1.807, 2.05) is 30.3 Å². The molecule has 1 nitrogen and oxygen atoms in total. The van der Waals surface area contributed by atoms with Crippen LogP contribution in [0.1, 0.15) is 18.5 Å². The van der Waals surface area contributed by atoms with Gasteiger partial charge in [0, 0.05) is 24.8 Å². The highest BCUT2D eigenvalue weighted by Gasteiger charge is 2.09. The van der Waals surface area contributed by atoms with Crippen molar-refractivity contribution in [1.29, 1.82) is 0 Å². The van der Waals surface area contributed by atoms with E-state index in [2.05, 4.69) is 62.9 Å². The summed E-state index contributed by atoms with van der Waals surface area (Å²) in [7, 11) is 0. The summed E-state index contributed by atoms with van der Waals surface area (Å²) in [5, 5.41) is 4.25. The summed E-state index contributed by atoms with van der Waals surface area (Å²) >= 11 is 12.0. The summed E-state index contributed by atoms with van der Waals surface area (Å²) < 4.78 is 2.29. The lowest BCUT2D eigenvalue weighted by atomic mass is 10.1. The molecule has 0 saturated carbocycles. The number of hydrogen-bond acceptors (Lipinski definition) is 1. The molecule has 0 fully saturated rings. The van der Waals surface area contributed by atoms with Gasteiger partial charge in [-0.1, -0.05) is 29.8 Å². The molecule has 0 saturated heterocycles. The van der Waals surface area contributed by atoms with Crippen LogP contribution in [0, 0.1) is 3.57 Å². The summed E-state index contributed by atoms with van der Waals surface area (Å²) in [6, 6.07) is 14.3. The molecule has 0 radical (unpaired) electrons. The monoisotopic (exact) mass is 435 g/mol. The molecule has 0 aliphatic carbocycles. The van der Waals surface area contributed by atoms with Crippen LogP contribution in [0.15, 0.2) is 46.9 Å². The fraction of sp³-hybridized carbons (Fsp3) is 0.143. The molecule has 0 spiro atoms. The summed E-state index contributed by atoms with van der Waals surface area (Å²) in [6.07, 6.45) is 0. The zero-order valence-corrected chi connectivity index (χ0v) is 14.3. The number of benzene rings is 2. The Balaban J connectivity index is 2.19. The maximum atomic E-state index is 6.19. The van der Waals surface area contributed by atoms with E-state index in [1.165, 1.54) is 3.57 Å². The average Bonchev–Trinajstić information content (AvgIpc) is 2.34. The number of hydrogen-bond donors (Lipinski definition) is 1. The Morgan fingerprint density at radius 3 is 2.61 bits per heavy atom. The van der Waals surface area contributed by atoms with Crippen LogP contribution >= 0.6 is 50.1 Å². The van der Waals surface area contributed by atoms with Gasteiger partial charge in [0.2, 0.25) is 0 Å². The first-order valence-electron chi connectivity index (χ1n) is 5.54. The molecular weight excluding hydrogens is 424 g/mol. The first-order chi connectivity index (χ1) is 8.58. The molecule has 0 aliphatic heterocycles. The molecule has 2 rings (SSSR count). The Morgan fingerprint density at radius 2 is 1.94 bits per heavy atom. The highest BCUT2D eigenvalue weighted by atomic mass is 127. The molecule has 18 heavy (non-hydrogen) atoms. The van der Waals surface area contributed by atoms with Crippen molar-refractivity contribution in [2.45, 2.75) is 13.0 Å². The Labute approximate surface area is 134 Å². The van der Waals surface area contributed by atoms with Crippen molar-refractivity contribution in [3.05, 3.63) is 61.1 Å². The topological polar surface area (TPSA) is 12.0 Å². The standard InChI is InChI=1S/C14H12BrClIN/c1-9(11-4-2-3-5-13(11)16)18-10-6-7-12(15)14(17)8-10/h2-9,18H,1H3. The molecule has 0 aromatic heterocycles. The Kier molecular flexibility index (Phi) is 4.92. The zero-order chi connectivity index (χ0) is 13.1. The van der Waals surface area contributed by atoms with Crippen LogP contribution in [0.5, 0.6) is 0 Å². The molecule has 2 aromatic rings. The molecular formula is C14H12BrClIN. The lowest BCUT2D eigenvalue weighted by molar-refractivity contribution is 0.885. The second kappa shape index (κ2) is 6.26. The van der Waals surface area contributed by atoms with Gasteiger partial charge in [-0.3, -0.25) is 0 Å². The lowest BCUT2D eigenvalue weighted by Gasteiger charge is -2.17. The van der Waals surface area contributed by atoms with E-state index >= 15 is 0 Å². The van der Waals surface area contributed by atoms with Gasteiger partial charge in [0.25, 0.3) is 0 Å². The van der Waals surface area contributed by atoms with Crippen molar-refractivity contribution in [2.24, 2.45) is 0 Å². The Bertz CT molecular complexity index is 559. The predicted molar refractivity (Wildman–Crippen MR) is 90.3 cm³/mol. The SMILES string of the molecule is CC(Nc1ccc(Br)c(I)c1)c1ccccc1Cl. The van der Waals surface area contributed by atoms with Crippen LogP contribution < -0.4 is 5.32 Å². The third kappa shape index (κ3) is 3.39. The summed E-state index contributed by atoms with van der Waals surface area (Å²) in [4.78, 5) is 0. The van der Waals surface area contributed by atoms with Gasteiger partial charge in [-0.2, -0.15) is 0 Å². The van der Waals surface area contributed by atoms with Gasteiger partial charge in [-0.15, -0.1) is 0 Å². The molecule has 1 N–H and O–H groups in total. The van der Waals surface area contributed by atoms with Crippen LogP contribution in [0.2, 0.25) is 5.02 Å². The van der Waals surface area contributed by atoms with E-state index in [1.54, 1.807) is 0 Å². The second-order valence-electron chi connectivity index (χ2n) is 4.02. The predicted octanol–water partition coefficient (Wildman–Crippen LogP) is 5.88. The van der Waals surface area contributed by atoms with Gasteiger partial charge in [-0.25, -0.2) is 0 Å². The van der Waals surface area contributed by atoms with Crippen molar-refractivity contribution >= 4 is 55.8 Å². The van der Waals surface area contributed by atoms with Gasteiger partial charge >= 0.3 is 0 Å². The minimum atomic E-state index is 0.177. The molecule has 0 bridgehead atoms. The van der Waals surface area contributed by atoms with E-state index < -0.39 is 0 Å². The van der Waals surface area contributed by atoms with Crippen molar-refractivity contribution in [3.63, 3.8) is 0 Å². The van der Waals surface area contributed by atoms with Crippen molar-refractivity contribution < 1.29 is 0 Å². The smallest absolute Gasteiger partial charge is 0.0500 e. The van der Waals surface area contributed by atoms with E-state index in [9.17, 15) is 0 Å². The second-order valence-corrected chi connectivity index (χ2v) is 6.44. The fourth-order valence-electron chi connectivity index (χ4n) is 1.74. The number of nitrogens with one attached hydrogen (secondary N) is 1. The van der Waals surface area contributed by atoms with Gasteiger partial charge < -0.3 is 5.32 Å². The Hall–Kier alpha value is -0.260. The van der Waals surface area contributed by atoms with Crippen LogP contribution in [0.25, 0.3) is 0 Å². The van der Waals surface area contributed by atoms with E-state index in [0.29, 0.717) is 0 Å². The number of anilines is 1. The molecule has 0 amide bonds. The van der Waals surface area contributed by atoms with E-state index in [-0.39, 0.29) is 6.04 Å². The van der Waals surface area contributed by atoms with Crippen LogP contribution in [-0.4, -0.2) is 0 Å². The summed E-state index contributed by atoms with van der Waals surface area (Å²) in [5.41, 5.74) is 2.20. The minimum absolute atomic E-state index is 0.177. The fourth-order valence-corrected chi connectivity index (χ4v) is 2.80. The molecule has 1 atom stereocenters. The van der Waals surface area contributed by atoms with Crippen LogP contribution in [-0.2, 0) is 0 Å². The first kappa shape index (κ1) is 14.2. The van der Waals surface area contributed by atoms with E-state index in [4.69, 9.17) is 11.6 Å². The van der Waals surface area contributed by atoms with Crippen molar-refractivity contribution in [2.75, 3.05) is 5.32 Å². The molecule has 2 aromatic carbocycles. The van der Waals surface area contributed by atoms with Gasteiger partial charge in [0.15, 0.2) is 0 Å². The average molecular weight is 437 g/mol. The van der Waals surface area contributed by atoms with E-state index in [0.717, 1.165) is 20.7 Å². The quantitative estimate of drug-likeness (QED) is 0.593. The number of rotatable bonds is 3. The molecule has 0 aliphatic rings. The van der Waals surface area contributed by atoms with Gasteiger partial charge in [0.05, 0.1) is 0 Å². The molecule has 94 valence electrons. The third-order valence-corrected chi connectivity index (χ3v) is 5.34. The third-order valence-electron chi connectivity index (χ3n) is 2.67. The Morgan fingerprint density at radius 1 is 1.22 bits per heavy atom. The lowest BCUT2D eigenvalue weighted by Crippen LogP contribution is -2.07. The van der Waals surface area contributed by atoms with Gasteiger partial charge in [-0.05, 0) is 75.3 Å². The summed E-state index contributed by atoms with van der Waals surface area (Å²) in [5.74, 6) is 0. The molecule has 0 heterocycles. The maximum Gasteiger partial charge on any atom is 0.0500 e. The first-order valence-corrected chi connectivity index (χ1v) is 7.79. The van der Waals surface area contributed by atoms with Crippen LogP contribution in [0.4, 0.5) is 5.69 Å². The normalized spacial score (nSPS) is 12.2. The number of halogens is 3. The summed E-state index contributed by atoms with van der Waals surface area (Å²) in [6.45, 7) is 2.11. The highest BCUT2D eigenvalue weighted by Crippen LogP contribution is 2.28. The minimum Gasteiger partial charge on any atom is -0.378 e. The highest BCUT2D eigenvalue weighted by molar-refractivity contribution is 14.1. The van der Waals surface area contributed by atoms with Crippen molar-refractivity contribution in [1.82, 2.24) is 0 Å². The van der Waals surface area contributed by atoms with Crippen LogP contribution in [0.3, 0.4) is 0 Å². The molecule has 1 unspecified atom stereocenters. The maximum absolute atomic E-state index is 6.19. The molecule has 4 heteroatoms. The van der Waals surface area contributed by atoms with Crippen molar-refractivity contribution in [3.8, 4) is 0 Å².